The van der Waals surface area contributed by atoms with Gasteiger partial charge in [0.15, 0.2) is 0 Å². The average molecular weight is 700 g/mol. The molecule has 0 N–H and O–H groups in total. The van der Waals surface area contributed by atoms with E-state index in [1.807, 2.05) is 6.07 Å². The Morgan fingerprint density at radius 1 is 1.22 bits per heavy atom. The van der Waals surface area contributed by atoms with Crippen LogP contribution >= 0.6 is 11.6 Å². The van der Waals surface area contributed by atoms with Gasteiger partial charge in [0.2, 0.25) is 11.9 Å². The highest BCUT2D eigenvalue weighted by Crippen LogP contribution is 2.42. The van der Waals surface area contributed by atoms with Crippen molar-refractivity contribution in [2.45, 2.75) is 50.7 Å². The lowest BCUT2D eigenvalue weighted by molar-refractivity contribution is -0.152. The quantitative estimate of drug-likeness (QED) is 0.149. The van der Waals surface area contributed by atoms with E-state index in [4.69, 9.17) is 16.3 Å². The predicted molar refractivity (Wildman–Crippen MR) is 174 cm³/mol. The second kappa shape index (κ2) is 15.3. The molecule has 0 aromatic heterocycles. The van der Waals surface area contributed by atoms with Crippen LogP contribution in [0.3, 0.4) is 0 Å². The largest absolute Gasteiger partial charge is 0.465 e. The summed E-state index contributed by atoms with van der Waals surface area (Å²) in [4.78, 5) is 67.3. The lowest BCUT2D eigenvalue weighted by Gasteiger charge is -2.43. The Balaban J connectivity index is 1.92. The molecule has 49 heavy (non-hydrogen) atoms. The van der Waals surface area contributed by atoms with Crippen molar-refractivity contribution < 1.29 is 37.1 Å². The highest BCUT2D eigenvalue weighted by Gasteiger charge is 2.52. The van der Waals surface area contributed by atoms with Crippen molar-refractivity contribution in [1.82, 2.24) is 14.7 Å². The van der Waals surface area contributed by atoms with E-state index in [2.05, 4.69) is 16.7 Å². The van der Waals surface area contributed by atoms with Crippen molar-refractivity contribution in [1.29, 1.82) is 5.26 Å². The number of aliphatic imine (C=N–C) groups is 2. The van der Waals surface area contributed by atoms with E-state index >= 15 is 0 Å². The summed E-state index contributed by atoms with van der Waals surface area (Å²) in [6.07, 6.45) is 0.107. The summed E-state index contributed by atoms with van der Waals surface area (Å²) < 4.78 is 47.7. The lowest BCUT2D eigenvalue weighted by atomic mass is 9.86. The lowest BCUT2D eigenvalue weighted by Crippen LogP contribution is -2.57. The number of hydrogen-bond acceptors (Lipinski definition) is 7. The first-order valence-electron chi connectivity index (χ1n) is 15.1. The van der Waals surface area contributed by atoms with Crippen LogP contribution < -0.4 is 4.90 Å². The van der Waals surface area contributed by atoms with Crippen molar-refractivity contribution in [2.24, 2.45) is 9.98 Å². The number of benzene rings is 2. The SMILES string of the molecule is C=NC(=N/C(C#N)=C\C)N1C(=O)N(CC(=O)OCC)C[C@H]1C(=O)N(c1cccc(F)c1)C(C(=O)N(C)C1CC(F)(F)C1)c1ccccc1Cl. The fourth-order valence-electron chi connectivity index (χ4n) is 5.54. The van der Waals surface area contributed by atoms with Crippen molar-refractivity contribution >= 4 is 53.8 Å². The van der Waals surface area contributed by atoms with Gasteiger partial charge < -0.3 is 14.5 Å². The van der Waals surface area contributed by atoms with Gasteiger partial charge in [-0.3, -0.25) is 19.3 Å². The Kier molecular flexibility index (Phi) is 11.5. The van der Waals surface area contributed by atoms with Gasteiger partial charge in [-0.25, -0.2) is 32.9 Å². The minimum atomic E-state index is -2.98. The molecule has 4 amide bonds. The fraction of sp³-hybridized carbons (Fsp3) is 0.364. The molecule has 1 unspecified atom stereocenters. The van der Waals surface area contributed by atoms with Crippen molar-refractivity contribution in [3.8, 4) is 6.07 Å². The molecule has 1 aliphatic heterocycles. The second-order valence-electron chi connectivity index (χ2n) is 11.2. The van der Waals surface area contributed by atoms with Crippen LogP contribution in [0.5, 0.6) is 0 Å². The zero-order chi connectivity index (χ0) is 36.0. The Morgan fingerprint density at radius 3 is 2.49 bits per heavy atom. The molecule has 1 saturated carbocycles. The van der Waals surface area contributed by atoms with E-state index in [0.29, 0.717) is 0 Å². The number of hydrogen-bond donors (Lipinski definition) is 0. The minimum Gasteiger partial charge on any atom is -0.465 e. The number of carbonyl (C=O) groups is 4. The Bertz CT molecular complexity index is 1740. The Labute approximate surface area is 285 Å². The number of amides is 4. The maximum absolute atomic E-state index is 15.0. The van der Waals surface area contributed by atoms with Crippen molar-refractivity contribution in [3.05, 3.63) is 76.7 Å². The van der Waals surface area contributed by atoms with Gasteiger partial charge in [0, 0.05) is 42.2 Å². The van der Waals surface area contributed by atoms with E-state index in [-0.39, 0.29) is 28.6 Å². The monoisotopic (exact) mass is 699 g/mol. The predicted octanol–water partition coefficient (Wildman–Crippen LogP) is 4.96. The Hall–Kier alpha value is -5.23. The number of esters is 1. The van der Waals surface area contributed by atoms with Crippen LogP contribution in [0, 0.1) is 17.1 Å². The molecular weight excluding hydrogens is 667 g/mol. The van der Waals surface area contributed by atoms with Crippen molar-refractivity contribution in [3.63, 3.8) is 0 Å². The average Bonchev–Trinajstić information content (AvgIpc) is 3.37. The van der Waals surface area contributed by atoms with Crippen LogP contribution in [0.4, 0.5) is 23.7 Å². The maximum atomic E-state index is 15.0. The standard InChI is InChI=1S/C33H33ClF3N7O5/c1-5-21(17-38)40-31(39-3)44-26(18-42(32(44)48)19-27(45)49-6-2)29(46)43(22-11-9-10-20(35)14-22)28(24-12-7-8-13-25(24)34)30(47)41(4)23-15-33(36,37)16-23/h5,7-14,23,26,28H,3,6,15-16,18-19H2,1-2,4H3/b21-5-,40-31?/t26-,28?/m0/s1. The third-order valence-corrected chi connectivity index (χ3v) is 8.38. The van der Waals surface area contributed by atoms with Crippen LogP contribution in [-0.2, 0) is 19.1 Å². The van der Waals surface area contributed by atoms with E-state index in [0.717, 1.165) is 31.7 Å². The normalized spacial score (nSPS) is 18.3. The molecular formula is C33H33ClF3N7O5. The number of alkyl halides is 2. The maximum Gasteiger partial charge on any atom is 0.328 e. The second-order valence-corrected chi connectivity index (χ2v) is 11.6. The van der Waals surface area contributed by atoms with Gasteiger partial charge in [0.05, 0.1) is 13.2 Å². The zero-order valence-electron chi connectivity index (χ0n) is 26.9. The number of allylic oxidation sites excluding steroid dienone is 2. The number of nitriles is 1. The van der Waals surface area contributed by atoms with E-state index < -0.39 is 85.6 Å². The number of rotatable bonds is 10. The van der Waals surface area contributed by atoms with Gasteiger partial charge in [0.1, 0.15) is 36.2 Å². The molecule has 1 heterocycles. The first-order chi connectivity index (χ1) is 23.3. The number of guanidine groups is 1. The van der Waals surface area contributed by atoms with E-state index in [1.165, 1.54) is 44.3 Å². The number of nitrogens with zero attached hydrogens (tertiary/aromatic N) is 7. The van der Waals surface area contributed by atoms with Crippen LogP contribution in [-0.4, -0.2) is 95.9 Å². The van der Waals surface area contributed by atoms with Crippen LogP contribution in [0.25, 0.3) is 0 Å². The van der Waals surface area contributed by atoms with Gasteiger partial charge in [0.25, 0.3) is 11.8 Å². The van der Waals surface area contributed by atoms with Crippen LogP contribution in [0.15, 0.2) is 70.3 Å². The number of halogens is 4. The summed E-state index contributed by atoms with van der Waals surface area (Å²) in [6.45, 7) is 5.47. The van der Waals surface area contributed by atoms with E-state index in [9.17, 15) is 37.6 Å². The van der Waals surface area contributed by atoms with Crippen molar-refractivity contribution in [2.75, 3.05) is 31.6 Å². The highest BCUT2D eigenvalue weighted by molar-refractivity contribution is 6.31. The van der Waals surface area contributed by atoms with Gasteiger partial charge in [-0.15, -0.1) is 0 Å². The third kappa shape index (κ3) is 7.92. The molecule has 2 fully saturated rings. The molecule has 12 nitrogen and oxygen atoms in total. The zero-order valence-corrected chi connectivity index (χ0v) is 27.6. The van der Waals surface area contributed by atoms with Gasteiger partial charge in [-0.05, 0) is 44.8 Å². The number of carbonyl (C=O) groups excluding carboxylic acids is 4. The highest BCUT2D eigenvalue weighted by atomic mass is 35.5. The molecule has 16 heteroatoms. The van der Waals surface area contributed by atoms with Gasteiger partial charge in [-0.2, -0.15) is 5.26 Å². The number of ether oxygens (including phenoxy) is 1. The number of anilines is 1. The summed E-state index contributed by atoms with van der Waals surface area (Å²) in [5.74, 6) is -6.82. The molecule has 0 bridgehead atoms. The molecule has 4 rings (SSSR count). The molecule has 0 spiro atoms. The van der Waals surface area contributed by atoms with Gasteiger partial charge in [-0.1, -0.05) is 41.9 Å². The van der Waals surface area contributed by atoms with Crippen LogP contribution in [0.1, 0.15) is 38.3 Å². The number of urea groups is 1. The molecule has 258 valence electrons. The first-order valence-corrected chi connectivity index (χ1v) is 15.5. The van der Waals surface area contributed by atoms with Gasteiger partial charge >= 0.3 is 12.0 Å². The summed E-state index contributed by atoms with van der Waals surface area (Å²) >= 11 is 6.59. The minimum absolute atomic E-state index is 0.0100. The summed E-state index contributed by atoms with van der Waals surface area (Å²) in [6, 6.07) is 7.55. The third-order valence-electron chi connectivity index (χ3n) is 8.04. The summed E-state index contributed by atoms with van der Waals surface area (Å²) in [5, 5.41) is 9.55. The molecule has 1 aliphatic carbocycles. The number of likely N-dealkylation sites (N-methyl/N-ethyl adjacent to an activating group) is 1. The molecule has 2 atom stereocenters. The molecule has 2 aliphatic rings. The fourth-order valence-corrected chi connectivity index (χ4v) is 5.77. The molecule has 0 radical (unpaired) electrons. The van der Waals surface area contributed by atoms with E-state index in [1.54, 1.807) is 19.1 Å². The smallest absolute Gasteiger partial charge is 0.328 e. The summed E-state index contributed by atoms with van der Waals surface area (Å²) in [5.41, 5.74) is -0.237. The molecule has 1 saturated heterocycles. The topological polar surface area (TPSA) is 139 Å². The first kappa shape index (κ1) is 36.6. The summed E-state index contributed by atoms with van der Waals surface area (Å²) in [7, 11) is 1.32. The molecule has 2 aromatic carbocycles. The van der Waals surface area contributed by atoms with Crippen LogP contribution in [0.2, 0.25) is 5.02 Å². The molecule has 2 aromatic rings. The Morgan fingerprint density at radius 2 is 1.92 bits per heavy atom.